The zero-order valence-electron chi connectivity index (χ0n) is 9.81. The fourth-order valence-corrected chi connectivity index (χ4v) is 4.31. The zero-order valence-corrected chi connectivity index (χ0v) is 9.81. The van der Waals surface area contributed by atoms with Gasteiger partial charge in [-0.3, -0.25) is 0 Å². The van der Waals surface area contributed by atoms with Gasteiger partial charge in [-0.1, -0.05) is 20.3 Å². The summed E-state index contributed by atoms with van der Waals surface area (Å²) in [6, 6.07) is 0. The van der Waals surface area contributed by atoms with Crippen LogP contribution in [0.1, 0.15) is 65.2 Å². The van der Waals surface area contributed by atoms with Gasteiger partial charge in [-0.15, -0.1) is 0 Å². The summed E-state index contributed by atoms with van der Waals surface area (Å²) < 4.78 is 0. The minimum atomic E-state index is 0.838. The highest BCUT2D eigenvalue weighted by Crippen LogP contribution is 2.63. The smallest absolute Gasteiger partial charge is 0.0294 e. The molecular formula is C14H24. The van der Waals surface area contributed by atoms with Crippen LogP contribution in [-0.4, -0.2) is 0 Å². The first kappa shape index (κ1) is 9.24. The lowest BCUT2D eigenvalue weighted by Crippen LogP contribution is -2.23. The van der Waals surface area contributed by atoms with E-state index in [0.29, 0.717) is 0 Å². The summed E-state index contributed by atoms with van der Waals surface area (Å²) in [5.74, 6) is 2.32. The normalized spacial score (nSPS) is 57.0. The highest BCUT2D eigenvalue weighted by molar-refractivity contribution is 5.02. The lowest BCUT2D eigenvalue weighted by atomic mass is 9.71. The van der Waals surface area contributed by atoms with E-state index in [1.54, 1.807) is 19.3 Å². The van der Waals surface area contributed by atoms with Crippen molar-refractivity contribution in [3.8, 4) is 0 Å². The molecule has 0 aromatic rings. The molecule has 14 heavy (non-hydrogen) atoms. The minimum Gasteiger partial charge on any atom is -0.0596 e. The Morgan fingerprint density at radius 2 is 1.71 bits per heavy atom. The van der Waals surface area contributed by atoms with Crippen LogP contribution in [0.2, 0.25) is 0 Å². The van der Waals surface area contributed by atoms with Crippen LogP contribution in [0.25, 0.3) is 0 Å². The molecule has 80 valence electrons. The van der Waals surface area contributed by atoms with Gasteiger partial charge < -0.3 is 0 Å². The second kappa shape index (κ2) is 2.77. The highest BCUT2D eigenvalue weighted by Gasteiger charge is 2.52. The van der Waals surface area contributed by atoms with Gasteiger partial charge in [0.05, 0.1) is 0 Å². The van der Waals surface area contributed by atoms with Gasteiger partial charge in [-0.25, -0.2) is 0 Å². The van der Waals surface area contributed by atoms with Gasteiger partial charge in [-0.2, -0.15) is 0 Å². The molecular weight excluding hydrogens is 168 g/mol. The first-order chi connectivity index (χ1) is 6.60. The Labute approximate surface area is 88.5 Å². The van der Waals surface area contributed by atoms with E-state index < -0.39 is 0 Å². The quantitative estimate of drug-likeness (QED) is 0.534. The molecule has 0 amide bonds. The molecule has 0 aliphatic heterocycles. The van der Waals surface area contributed by atoms with E-state index in [2.05, 4.69) is 13.8 Å². The molecule has 5 fully saturated rings. The molecule has 2 unspecified atom stereocenters. The van der Waals surface area contributed by atoms with Crippen LogP contribution >= 0.6 is 0 Å². The average Bonchev–Trinajstić information content (AvgIpc) is 2.54. The fraction of sp³-hybridized carbons (Fsp3) is 1.00. The molecule has 2 bridgehead atoms. The Bertz CT molecular complexity index is 226. The van der Waals surface area contributed by atoms with E-state index in [1.165, 1.54) is 32.1 Å². The molecule has 5 saturated carbocycles. The summed E-state index contributed by atoms with van der Waals surface area (Å²) in [5, 5.41) is 0. The predicted molar refractivity (Wildman–Crippen MR) is 60.1 cm³/mol. The van der Waals surface area contributed by atoms with Crippen LogP contribution in [0.4, 0.5) is 0 Å². The largest absolute Gasteiger partial charge is 0.0596 e. The van der Waals surface area contributed by atoms with Gasteiger partial charge in [0.15, 0.2) is 0 Å². The molecule has 5 rings (SSSR count). The van der Waals surface area contributed by atoms with Crippen LogP contribution in [0, 0.1) is 22.7 Å². The van der Waals surface area contributed by atoms with Crippen LogP contribution < -0.4 is 0 Å². The Morgan fingerprint density at radius 3 is 1.86 bits per heavy atom. The van der Waals surface area contributed by atoms with Crippen LogP contribution in [0.3, 0.4) is 0 Å². The van der Waals surface area contributed by atoms with Crippen LogP contribution in [0.5, 0.6) is 0 Å². The van der Waals surface area contributed by atoms with Gasteiger partial charge >= 0.3 is 0 Å². The Hall–Kier alpha value is 0. The number of rotatable bonds is 0. The predicted octanol–water partition coefficient (Wildman–Crippen LogP) is 4.39. The van der Waals surface area contributed by atoms with Gasteiger partial charge in [0, 0.05) is 0 Å². The van der Waals surface area contributed by atoms with Crippen molar-refractivity contribution in [3.63, 3.8) is 0 Å². The fourth-order valence-electron chi connectivity index (χ4n) is 4.31. The highest BCUT2D eigenvalue weighted by atomic mass is 14.6. The third-order valence-corrected chi connectivity index (χ3v) is 5.56. The summed E-state index contributed by atoms with van der Waals surface area (Å²) in [7, 11) is 0. The van der Waals surface area contributed by atoms with E-state index in [0.717, 1.165) is 22.7 Å². The first-order valence-corrected chi connectivity index (χ1v) is 6.60. The number of hydrogen-bond donors (Lipinski definition) is 0. The molecule has 0 spiro atoms. The summed E-state index contributed by atoms with van der Waals surface area (Å²) in [6.45, 7) is 4.86. The number of fused-ring (bicyclic) bond motifs is 2. The van der Waals surface area contributed by atoms with E-state index in [1.807, 2.05) is 0 Å². The maximum absolute atomic E-state index is 2.44. The third kappa shape index (κ3) is 1.42. The van der Waals surface area contributed by atoms with Crippen LogP contribution in [0.15, 0.2) is 0 Å². The van der Waals surface area contributed by atoms with Crippen molar-refractivity contribution in [2.45, 2.75) is 65.2 Å². The topological polar surface area (TPSA) is 0 Å². The maximum atomic E-state index is 2.44. The molecule has 0 aromatic heterocycles. The molecule has 0 radical (unpaired) electrons. The maximum Gasteiger partial charge on any atom is -0.0294 e. The van der Waals surface area contributed by atoms with E-state index in [-0.39, 0.29) is 0 Å². The Balaban J connectivity index is 0.0000000914. The van der Waals surface area contributed by atoms with Gasteiger partial charge in [-0.05, 0) is 67.6 Å². The molecule has 0 nitrogen and oxygen atoms in total. The van der Waals surface area contributed by atoms with Crippen molar-refractivity contribution < 1.29 is 0 Å². The molecule has 0 saturated heterocycles. The lowest BCUT2D eigenvalue weighted by molar-refractivity contribution is 0.171. The molecule has 0 aromatic carbocycles. The van der Waals surface area contributed by atoms with Crippen molar-refractivity contribution in [1.82, 2.24) is 0 Å². The molecule has 0 heteroatoms. The lowest BCUT2D eigenvalue weighted by Gasteiger charge is -2.34. The van der Waals surface area contributed by atoms with Gasteiger partial charge in [0.25, 0.3) is 0 Å². The SMILES string of the molecule is CC12CCC(C1)C2.CC12CCCC1C2. The van der Waals surface area contributed by atoms with Crippen molar-refractivity contribution in [3.05, 3.63) is 0 Å². The van der Waals surface area contributed by atoms with Gasteiger partial charge in [0.2, 0.25) is 0 Å². The second-order valence-electron chi connectivity index (χ2n) is 7.07. The minimum absolute atomic E-state index is 0.838. The van der Waals surface area contributed by atoms with E-state index in [4.69, 9.17) is 0 Å². The van der Waals surface area contributed by atoms with Gasteiger partial charge in [0.1, 0.15) is 0 Å². The van der Waals surface area contributed by atoms with Crippen LogP contribution in [-0.2, 0) is 0 Å². The molecule has 5 aliphatic carbocycles. The van der Waals surface area contributed by atoms with E-state index >= 15 is 0 Å². The monoisotopic (exact) mass is 192 g/mol. The van der Waals surface area contributed by atoms with Crippen molar-refractivity contribution in [2.75, 3.05) is 0 Å². The zero-order chi connectivity index (χ0) is 9.81. The first-order valence-electron chi connectivity index (χ1n) is 6.60. The summed E-state index contributed by atoms with van der Waals surface area (Å²) in [5.41, 5.74) is 1.70. The number of hydrogen-bond acceptors (Lipinski definition) is 0. The summed E-state index contributed by atoms with van der Waals surface area (Å²) in [6.07, 6.45) is 12.3. The summed E-state index contributed by atoms with van der Waals surface area (Å²) in [4.78, 5) is 0. The Kier molecular flexibility index (Phi) is 1.83. The Morgan fingerprint density at radius 1 is 0.929 bits per heavy atom. The third-order valence-electron chi connectivity index (χ3n) is 5.56. The molecule has 2 atom stereocenters. The van der Waals surface area contributed by atoms with Crippen molar-refractivity contribution >= 4 is 0 Å². The molecule has 0 heterocycles. The summed E-state index contributed by atoms with van der Waals surface area (Å²) >= 11 is 0. The second-order valence-corrected chi connectivity index (χ2v) is 7.07. The van der Waals surface area contributed by atoms with Crippen molar-refractivity contribution in [2.24, 2.45) is 22.7 Å². The molecule has 0 N–H and O–H groups in total. The van der Waals surface area contributed by atoms with Crippen molar-refractivity contribution in [1.29, 1.82) is 0 Å². The average molecular weight is 192 g/mol. The van der Waals surface area contributed by atoms with E-state index in [9.17, 15) is 0 Å². The standard InChI is InChI=1S/2C7H12/c1-7-3-2-6(4-7)5-7;1-7-4-2-3-6(7)5-7/h2*6H,2-5H2,1H3. The molecule has 5 aliphatic rings.